The first-order chi connectivity index (χ1) is 22.1. The molecule has 1 amide bonds. The summed E-state index contributed by atoms with van der Waals surface area (Å²) >= 11 is 0. The number of benzene rings is 2. The van der Waals surface area contributed by atoms with Crippen LogP contribution in [0.15, 0.2) is 54.6 Å². The number of ether oxygens (including phenoxy) is 4. The van der Waals surface area contributed by atoms with E-state index in [0.29, 0.717) is 13.2 Å². The first-order valence-electron chi connectivity index (χ1n) is 16.5. The van der Waals surface area contributed by atoms with Crippen LogP contribution in [0.5, 0.6) is 5.75 Å². The number of carbonyl (C=O) groups is 1. The summed E-state index contributed by atoms with van der Waals surface area (Å²) in [6.07, 6.45) is 8.07. The summed E-state index contributed by atoms with van der Waals surface area (Å²) in [5, 5.41) is 2.54. The van der Waals surface area contributed by atoms with Crippen molar-refractivity contribution in [2.45, 2.75) is 97.4 Å². The molecule has 0 saturated carbocycles. The van der Waals surface area contributed by atoms with Crippen molar-refractivity contribution in [1.29, 1.82) is 0 Å². The smallest absolute Gasteiger partial charge is 0.474 e. The van der Waals surface area contributed by atoms with Crippen molar-refractivity contribution in [2.24, 2.45) is 0 Å². The van der Waals surface area contributed by atoms with Crippen molar-refractivity contribution in [1.82, 2.24) is 5.32 Å². The molecule has 2 aromatic carbocycles. The Hall–Kier alpha value is -2.46. The van der Waals surface area contributed by atoms with E-state index in [9.17, 15) is 9.36 Å². The Morgan fingerprint density at radius 1 is 0.826 bits per heavy atom. The molecule has 0 spiro atoms. The zero-order valence-corrected chi connectivity index (χ0v) is 29.4. The highest BCUT2D eigenvalue weighted by Gasteiger charge is 2.27. The maximum Gasteiger partial charge on any atom is 0.474 e. The number of aryl methyl sites for hydroxylation is 1. The number of amides is 1. The van der Waals surface area contributed by atoms with Crippen LogP contribution in [0.3, 0.4) is 0 Å². The fraction of sp³-hybridized carbons (Fsp3) is 0.629. The molecule has 0 radical (unpaired) electrons. The number of hydrogen-bond donors (Lipinski definition) is 1. The molecule has 0 aliphatic carbocycles. The summed E-state index contributed by atoms with van der Waals surface area (Å²) in [6, 6.07) is 18.0. The molecule has 2 atom stereocenters. The molecule has 1 unspecified atom stereocenters. The summed E-state index contributed by atoms with van der Waals surface area (Å²) in [5.41, 5.74) is 1.58. The van der Waals surface area contributed by atoms with Gasteiger partial charge in [-0.25, -0.2) is 9.36 Å². The quantitative estimate of drug-likeness (QED) is 0.0828. The lowest BCUT2D eigenvalue weighted by atomic mass is 10.1. The van der Waals surface area contributed by atoms with Crippen molar-refractivity contribution >= 4 is 13.9 Å². The lowest BCUT2D eigenvalue weighted by Gasteiger charge is -2.22. The van der Waals surface area contributed by atoms with E-state index in [1.165, 1.54) is 44.8 Å². The molecule has 0 aliphatic rings. The van der Waals surface area contributed by atoms with Gasteiger partial charge < -0.3 is 24.3 Å². The van der Waals surface area contributed by atoms with Gasteiger partial charge in [-0.1, -0.05) is 81.5 Å². The zero-order chi connectivity index (χ0) is 33.5. The number of unbranched alkanes of at least 4 members (excludes halogenated alkanes) is 5. The van der Waals surface area contributed by atoms with Gasteiger partial charge in [-0.15, -0.1) is 0 Å². The monoisotopic (exact) mass is 665 g/mol. The number of nitrogens with one attached hydrogen (secondary N) is 1. The third kappa shape index (κ3) is 19.3. The highest BCUT2D eigenvalue weighted by molar-refractivity contribution is 7.48. The van der Waals surface area contributed by atoms with Gasteiger partial charge in [0.1, 0.15) is 17.5 Å². The fourth-order valence-corrected chi connectivity index (χ4v) is 5.24. The molecule has 0 saturated heterocycles. The van der Waals surface area contributed by atoms with Crippen LogP contribution >= 0.6 is 7.82 Å². The zero-order valence-electron chi connectivity index (χ0n) is 28.5. The van der Waals surface area contributed by atoms with Gasteiger partial charge in [-0.05, 0) is 63.3 Å². The number of rotatable bonds is 25. The Bertz CT molecular complexity index is 1110. The van der Waals surface area contributed by atoms with Crippen molar-refractivity contribution in [3.8, 4) is 5.75 Å². The molecule has 0 heterocycles. The Labute approximate surface area is 276 Å². The largest absolute Gasteiger partial charge is 0.494 e. The lowest BCUT2D eigenvalue weighted by molar-refractivity contribution is -0.0511. The van der Waals surface area contributed by atoms with Crippen molar-refractivity contribution in [2.75, 3.05) is 46.7 Å². The summed E-state index contributed by atoms with van der Waals surface area (Å²) in [4.78, 5) is 11.8. The second kappa shape index (κ2) is 23.0. The minimum Gasteiger partial charge on any atom is -0.494 e. The average molecular weight is 666 g/mol. The van der Waals surface area contributed by atoms with Gasteiger partial charge in [0.05, 0.1) is 33.0 Å². The Morgan fingerprint density at radius 2 is 1.54 bits per heavy atom. The lowest BCUT2D eigenvalue weighted by Crippen LogP contribution is -2.34. The van der Waals surface area contributed by atoms with Gasteiger partial charge in [0.15, 0.2) is 0 Å². The molecule has 0 aromatic heterocycles. The minimum atomic E-state index is -3.89. The fourth-order valence-electron chi connectivity index (χ4n) is 4.29. The molecule has 0 fully saturated rings. The molecule has 0 aliphatic heterocycles. The maximum absolute atomic E-state index is 13.0. The van der Waals surface area contributed by atoms with Crippen molar-refractivity contribution in [3.05, 3.63) is 65.7 Å². The molecule has 46 heavy (non-hydrogen) atoms. The highest BCUT2D eigenvalue weighted by Crippen LogP contribution is 2.48. The molecule has 10 nitrogen and oxygen atoms in total. The maximum atomic E-state index is 13.0. The summed E-state index contributed by atoms with van der Waals surface area (Å²) in [7, 11) is -2.65. The summed E-state index contributed by atoms with van der Waals surface area (Å²) in [5.74, 6) is 0.906. The molecule has 11 heteroatoms. The Kier molecular flexibility index (Phi) is 19.8. The second-order valence-electron chi connectivity index (χ2n) is 12.0. The third-order valence-electron chi connectivity index (χ3n) is 6.74. The van der Waals surface area contributed by atoms with E-state index in [2.05, 4.69) is 24.4 Å². The predicted octanol–water partition coefficient (Wildman–Crippen LogP) is 8.27. The molecule has 2 rings (SSSR count). The average Bonchev–Trinajstić information content (AvgIpc) is 3.03. The van der Waals surface area contributed by atoms with E-state index in [1.807, 2.05) is 42.5 Å². The molecule has 2 aromatic rings. The van der Waals surface area contributed by atoms with Crippen LogP contribution in [-0.2, 0) is 45.4 Å². The Balaban J connectivity index is 1.74. The van der Waals surface area contributed by atoms with Gasteiger partial charge in [0, 0.05) is 20.3 Å². The van der Waals surface area contributed by atoms with Crippen LogP contribution in [0.4, 0.5) is 4.79 Å². The molecule has 1 N–H and O–H groups in total. The summed E-state index contributed by atoms with van der Waals surface area (Å²) in [6.45, 7) is 9.29. The summed E-state index contributed by atoms with van der Waals surface area (Å²) < 4.78 is 52.0. The van der Waals surface area contributed by atoms with Crippen LogP contribution in [-0.4, -0.2) is 64.5 Å². The van der Waals surface area contributed by atoms with Crippen LogP contribution < -0.4 is 10.1 Å². The number of alkyl carbamates (subject to hydrolysis) is 1. The Morgan fingerprint density at radius 3 is 2.24 bits per heavy atom. The number of phosphoric acid groups is 1. The second-order valence-corrected chi connectivity index (χ2v) is 13.8. The number of phosphoric ester groups is 1. The number of carbonyl (C=O) groups excluding carboxylic acids is 1. The highest BCUT2D eigenvalue weighted by atomic mass is 31.2. The van der Waals surface area contributed by atoms with E-state index in [4.69, 9.17) is 32.5 Å². The molecule has 0 bridgehead atoms. The van der Waals surface area contributed by atoms with Crippen LogP contribution in [0.25, 0.3) is 0 Å². The van der Waals surface area contributed by atoms with Gasteiger partial charge in [0.25, 0.3) is 0 Å². The first-order valence-corrected chi connectivity index (χ1v) is 17.9. The number of hydrogen-bond acceptors (Lipinski definition) is 9. The van der Waals surface area contributed by atoms with Crippen molar-refractivity contribution < 1.29 is 41.9 Å². The van der Waals surface area contributed by atoms with E-state index in [0.717, 1.165) is 37.2 Å². The molecule has 260 valence electrons. The van der Waals surface area contributed by atoms with E-state index < -0.39 is 25.6 Å². The van der Waals surface area contributed by atoms with Gasteiger partial charge >= 0.3 is 13.9 Å². The molecular formula is C35H56NO9P. The van der Waals surface area contributed by atoms with Gasteiger partial charge in [-0.3, -0.25) is 13.6 Å². The van der Waals surface area contributed by atoms with Crippen molar-refractivity contribution in [3.63, 3.8) is 0 Å². The van der Waals surface area contributed by atoms with Crippen LogP contribution in [0, 0.1) is 0 Å². The minimum absolute atomic E-state index is 0.0671. The van der Waals surface area contributed by atoms with E-state index in [1.54, 1.807) is 20.8 Å². The van der Waals surface area contributed by atoms with E-state index in [-0.39, 0.29) is 26.4 Å². The normalized spacial score (nSPS) is 13.6. The SMILES string of the molecule is CCCCCCCCOc1ccc(CCCOC[C@@H](COP(=O)(OC)OCCNC(=O)OC(C)(C)C)OCc2ccccc2)cc1. The van der Waals surface area contributed by atoms with E-state index >= 15 is 0 Å². The third-order valence-corrected chi connectivity index (χ3v) is 8.15. The first kappa shape index (κ1) is 39.7. The topological polar surface area (TPSA) is 111 Å². The molecular weight excluding hydrogens is 609 g/mol. The van der Waals surface area contributed by atoms with Crippen LogP contribution in [0.1, 0.15) is 83.8 Å². The van der Waals surface area contributed by atoms with Gasteiger partial charge in [-0.2, -0.15) is 0 Å². The van der Waals surface area contributed by atoms with Gasteiger partial charge in [0.2, 0.25) is 0 Å². The standard InChI is InChI=1S/C35H56NO9P/c1-6-7-8-9-10-14-25-41-32-21-19-30(20-22-32)18-15-24-40-28-33(42-27-31-16-12-11-13-17-31)29-44-46(38,39-5)43-26-23-36-34(37)45-35(2,3)4/h11-13,16-17,19-22,33H,6-10,14-15,18,23-29H2,1-5H3,(H,36,37)/t33-,46?/m0/s1. The predicted molar refractivity (Wildman–Crippen MR) is 180 cm³/mol. The van der Waals surface area contributed by atoms with Crippen LogP contribution in [0.2, 0.25) is 0 Å².